The van der Waals surface area contributed by atoms with Crippen LogP contribution in [0.5, 0.6) is 0 Å². The molecule has 0 aliphatic carbocycles. The first-order valence-corrected chi connectivity index (χ1v) is 7.01. The molecular weight excluding hydrogens is 242 g/mol. The Bertz CT molecular complexity index is 318. The maximum absolute atomic E-state index is 11.4. The van der Waals surface area contributed by atoms with Gasteiger partial charge in [0.15, 0.2) is 0 Å². The molecule has 1 rings (SSSR count). The molecule has 1 N–H and O–H groups in total. The third-order valence-corrected chi connectivity index (χ3v) is 3.19. The predicted molar refractivity (Wildman–Crippen MR) is 71.0 cm³/mol. The zero-order valence-corrected chi connectivity index (χ0v) is 10.9. The Balaban J connectivity index is 2.30. The number of thioether (sulfide) groups is 1. The lowest BCUT2D eigenvalue weighted by Crippen LogP contribution is -2.27. The van der Waals surface area contributed by atoms with E-state index in [-0.39, 0.29) is 11.3 Å². The van der Waals surface area contributed by atoms with E-state index in [0.29, 0.717) is 13.0 Å². The van der Waals surface area contributed by atoms with E-state index in [0.717, 1.165) is 11.3 Å². The van der Waals surface area contributed by atoms with Crippen molar-refractivity contribution >= 4 is 29.3 Å². The van der Waals surface area contributed by atoms with Gasteiger partial charge >= 0.3 is 0 Å². The van der Waals surface area contributed by atoms with Crippen molar-refractivity contribution in [3.63, 3.8) is 0 Å². The van der Waals surface area contributed by atoms with Crippen molar-refractivity contribution in [1.82, 2.24) is 5.32 Å². The van der Waals surface area contributed by atoms with Crippen molar-refractivity contribution in [3.05, 3.63) is 35.9 Å². The summed E-state index contributed by atoms with van der Waals surface area (Å²) >= 11 is 7.83. The molecule has 1 unspecified atom stereocenters. The van der Waals surface area contributed by atoms with E-state index in [1.54, 1.807) is 11.8 Å². The molecule has 4 heteroatoms. The van der Waals surface area contributed by atoms with Crippen LogP contribution in [-0.4, -0.2) is 24.5 Å². The van der Waals surface area contributed by atoms with Crippen LogP contribution in [0.3, 0.4) is 0 Å². The fraction of sp³-hybridized carbons (Fsp3) is 0.417. The molecule has 1 atom stereocenters. The van der Waals surface area contributed by atoms with E-state index in [1.807, 2.05) is 36.6 Å². The molecule has 0 saturated carbocycles. The second kappa shape index (κ2) is 7.58. The van der Waals surface area contributed by atoms with Gasteiger partial charge in [-0.1, -0.05) is 30.3 Å². The first-order chi connectivity index (χ1) is 7.74. The van der Waals surface area contributed by atoms with Crippen LogP contribution < -0.4 is 5.32 Å². The van der Waals surface area contributed by atoms with Gasteiger partial charge in [0.05, 0.1) is 5.38 Å². The number of benzene rings is 1. The molecule has 0 bridgehead atoms. The lowest BCUT2D eigenvalue weighted by atomic mass is 10.1. The summed E-state index contributed by atoms with van der Waals surface area (Å²) in [7, 11) is 0. The fourth-order valence-corrected chi connectivity index (χ4v) is 1.88. The highest BCUT2D eigenvalue weighted by atomic mass is 35.5. The van der Waals surface area contributed by atoms with Crippen molar-refractivity contribution in [3.8, 4) is 0 Å². The van der Waals surface area contributed by atoms with Crippen LogP contribution in [0.15, 0.2) is 30.3 Å². The third kappa shape index (κ3) is 4.90. The van der Waals surface area contributed by atoms with Crippen molar-refractivity contribution in [1.29, 1.82) is 0 Å². The lowest BCUT2D eigenvalue weighted by molar-refractivity contribution is -0.120. The number of hydrogen-bond donors (Lipinski definition) is 1. The summed E-state index contributed by atoms with van der Waals surface area (Å²) in [5.74, 6) is 0.917. The van der Waals surface area contributed by atoms with Crippen LogP contribution in [0.2, 0.25) is 0 Å². The Morgan fingerprint density at radius 1 is 1.44 bits per heavy atom. The molecule has 0 radical (unpaired) electrons. The van der Waals surface area contributed by atoms with Crippen LogP contribution in [0.1, 0.15) is 17.4 Å². The van der Waals surface area contributed by atoms with Gasteiger partial charge in [-0.15, -0.1) is 11.6 Å². The highest BCUT2D eigenvalue weighted by Gasteiger charge is 2.08. The van der Waals surface area contributed by atoms with Gasteiger partial charge in [0.1, 0.15) is 0 Å². The van der Waals surface area contributed by atoms with Crippen molar-refractivity contribution in [2.45, 2.75) is 11.8 Å². The Labute approximate surface area is 106 Å². The number of amides is 1. The van der Waals surface area contributed by atoms with E-state index in [1.165, 1.54) is 0 Å². The molecule has 0 aliphatic heterocycles. The molecule has 1 aromatic rings. The molecule has 0 spiro atoms. The largest absolute Gasteiger partial charge is 0.354 e. The normalized spacial score (nSPS) is 12.1. The minimum Gasteiger partial charge on any atom is -0.354 e. The van der Waals surface area contributed by atoms with E-state index in [9.17, 15) is 4.79 Å². The smallest absolute Gasteiger partial charge is 0.220 e. The van der Waals surface area contributed by atoms with Gasteiger partial charge in [0.2, 0.25) is 5.91 Å². The topological polar surface area (TPSA) is 29.1 Å². The lowest BCUT2D eigenvalue weighted by Gasteiger charge is -2.10. The summed E-state index contributed by atoms with van der Waals surface area (Å²) in [4.78, 5) is 11.4. The third-order valence-electron chi connectivity index (χ3n) is 2.17. The second-order valence-electron chi connectivity index (χ2n) is 3.43. The maximum Gasteiger partial charge on any atom is 0.220 e. The molecule has 1 amide bonds. The minimum absolute atomic E-state index is 0.0657. The molecule has 0 aliphatic rings. The van der Waals surface area contributed by atoms with Crippen molar-refractivity contribution < 1.29 is 4.79 Å². The van der Waals surface area contributed by atoms with Crippen LogP contribution in [-0.2, 0) is 4.79 Å². The van der Waals surface area contributed by atoms with Gasteiger partial charge in [0, 0.05) is 18.7 Å². The number of rotatable bonds is 6. The van der Waals surface area contributed by atoms with E-state index in [4.69, 9.17) is 11.6 Å². The summed E-state index contributed by atoms with van der Waals surface area (Å²) in [5.41, 5.74) is 1.04. The van der Waals surface area contributed by atoms with Gasteiger partial charge < -0.3 is 5.32 Å². The standard InChI is InChI=1S/C12H16ClNOS/c1-16-8-7-12(15)14-9-11(13)10-5-3-2-4-6-10/h2-6,11H,7-9H2,1H3,(H,14,15). The van der Waals surface area contributed by atoms with Crippen LogP contribution in [0.4, 0.5) is 0 Å². The summed E-state index contributed by atoms with van der Waals surface area (Å²) in [5, 5.41) is 2.68. The SMILES string of the molecule is CSCCC(=O)NCC(Cl)c1ccccc1. The fourth-order valence-electron chi connectivity index (χ4n) is 1.27. The zero-order chi connectivity index (χ0) is 11.8. The van der Waals surface area contributed by atoms with E-state index < -0.39 is 0 Å². The number of carbonyl (C=O) groups excluding carboxylic acids is 1. The van der Waals surface area contributed by atoms with Gasteiger partial charge in [-0.3, -0.25) is 4.79 Å². The Morgan fingerprint density at radius 3 is 2.75 bits per heavy atom. The van der Waals surface area contributed by atoms with E-state index in [2.05, 4.69) is 5.32 Å². The molecule has 1 aromatic carbocycles. The van der Waals surface area contributed by atoms with Crippen molar-refractivity contribution in [2.75, 3.05) is 18.6 Å². The van der Waals surface area contributed by atoms with Gasteiger partial charge in [-0.05, 0) is 11.8 Å². The Hall–Kier alpha value is -0.670. The predicted octanol–water partition coefficient (Wildman–Crippen LogP) is 2.84. The highest BCUT2D eigenvalue weighted by Crippen LogP contribution is 2.18. The second-order valence-corrected chi connectivity index (χ2v) is 4.94. The number of halogens is 1. The minimum atomic E-state index is -0.153. The molecule has 0 fully saturated rings. The molecule has 0 aromatic heterocycles. The molecule has 16 heavy (non-hydrogen) atoms. The average molecular weight is 258 g/mol. The first-order valence-electron chi connectivity index (χ1n) is 5.18. The van der Waals surface area contributed by atoms with Crippen LogP contribution in [0.25, 0.3) is 0 Å². The highest BCUT2D eigenvalue weighted by molar-refractivity contribution is 7.98. The summed E-state index contributed by atoms with van der Waals surface area (Å²) in [6.07, 6.45) is 2.54. The van der Waals surface area contributed by atoms with Gasteiger partial charge in [-0.2, -0.15) is 11.8 Å². The average Bonchev–Trinajstić information content (AvgIpc) is 2.34. The van der Waals surface area contributed by atoms with Crippen LogP contribution in [0, 0.1) is 0 Å². The number of carbonyl (C=O) groups is 1. The first kappa shape index (κ1) is 13.4. The zero-order valence-electron chi connectivity index (χ0n) is 9.28. The Kier molecular flexibility index (Phi) is 6.34. The van der Waals surface area contributed by atoms with Gasteiger partial charge in [0.25, 0.3) is 0 Å². The van der Waals surface area contributed by atoms with E-state index >= 15 is 0 Å². The summed E-state index contributed by atoms with van der Waals surface area (Å²) in [6.45, 7) is 0.485. The summed E-state index contributed by atoms with van der Waals surface area (Å²) < 4.78 is 0. The maximum atomic E-state index is 11.4. The monoisotopic (exact) mass is 257 g/mol. The number of hydrogen-bond acceptors (Lipinski definition) is 2. The molecule has 0 heterocycles. The Morgan fingerprint density at radius 2 is 2.12 bits per heavy atom. The number of alkyl halides is 1. The summed E-state index contributed by atoms with van der Waals surface area (Å²) in [6, 6.07) is 9.77. The van der Waals surface area contributed by atoms with Gasteiger partial charge in [-0.25, -0.2) is 0 Å². The molecule has 0 saturated heterocycles. The molecule has 88 valence electrons. The molecular formula is C12H16ClNOS. The van der Waals surface area contributed by atoms with Crippen molar-refractivity contribution in [2.24, 2.45) is 0 Å². The number of nitrogens with one attached hydrogen (secondary N) is 1. The quantitative estimate of drug-likeness (QED) is 0.794. The molecule has 2 nitrogen and oxygen atoms in total. The van der Waals surface area contributed by atoms with Crippen LogP contribution >= 0.6 is 23.4 Å².